The second-order valence-corrected chi connectivity index (χ2v) is 14.1. The highest BCUT2D eigenvalue weighted by atomic mass is 16.5. The number of methoxy groups -OCH3 is 1. The Bertz CT molecular complexity index is 2080. The zero-order valence-corrected chi connectivity index (χ0v) is 29.0. The fraction of sp³-hybridized carbons (Fsp3) is 0.385. The fourth-order valence-corrected chi connectivity index (χ4v) is 7.88. The Morgan fingerprint density at radius 3 is 2.30 bits per heavy atom. The highest BCUT2D eigenvalue weighted by molar-refractivity contribution is 5.98. The number of aromatic nitrogens is 4. The van der Waals surface area contributed by atoms with Gasteiger partial charge in [-0.05, 0) is 85.5 Å². The van der Waals surface area contributed by atoms with Gasteiger partial charge >= 0.3 is 6.09 Å². The quantitative estimate of drug-likeness (QED) is 0.170. The molecule has 0 saturated carbocycles. The van der Waals surface area contributed by atoms with Crippen LogP contribution in [0.5, 0.6) is 5.75 Å². The van der Waals surface area contributed by atoms with Gasteiger partial charge in [-0.3, -0.25) is 9.69 Å². The Kier molecular flexibility index (Phi) is 8.30. The highest BCUT2D eigenvalue weighted by Gasteiger charge is 2.37. The van der Waals surface area contributed by atoms with Crippen molar-refractivity contribution < 1.29 is 19.1 Å². The van der Waals surface area contributed by atoms with Crippen LogP contribution in [0.4, 0.5) is 4.79 Å². The number of hydrogen-bond acceptors (Lipinski definition) is 7. The second kappa shape index (κ2) is 12.9. The molecule has 50 heavy (non-hydrogen) atoms. The summed E-state index contributed by atoms with van der Waals surface area (Å²) in [5, 5.41) is 4.93. The van der Waals surface area contributed by atoms with Crippen molar-refractivity contribution in [1.82, 2.24) is 35.1 Å². The van der Waals surface area contributed by atoms with Crippen molar-refractivity contribution in [3.05, 3.63) is 78.1 Å². The predicted molar refractivity (Wildman–Crippen MR) is 191 cm³/mol. The van der Waals surface area contributed by atoms with E-state index in [0.29, 0.717) is 19.2 Å². The number of amides is 2. The van der Waals surface area contributed by atoms with E-state index in [-0.39, 0.29) is 17.9 Å². The fourth-order valence-electron chi connectivity index (χ4n) is 7.88. The van der Waals surface area contributed by atoms with Gasteiger partial charge in [0.2, 0.25) is 5.91 Å². The number of likely N-dealkylation sites (tertiary alicyclic amines) is 2. The summed E-state index contributed by atoms with van der Waals surface area (Å²) in [6.45, 7) is 6.01. The van der Waals surface area contributed by atoms with E-state index in [1.54, 1.807) is 0 Å². The summed E-state index contributed by atoms with van der Waals surface area (Å²) in [4.78, 5) is 46.2. The first-order chi connectivity index (χ1) is 24.3. The molecule has 0 spiro atoms. The van der Waals surface area contributed by atoms with Gasteiger partial charge in [-0.15, -0.1) is 0 Å². The average molecular weight is 674 g/mol. The third-order valence-electron chi connectivity index (χ3n) is 10.6. The highest BCUT2D eigenvalue weighted by Crippen LogP contribution is 2.44. The molecule has 2 fully saturated rings. The van der Waals surface area contributed by atoms with Crippen LogP contribution in [0.3, 0.4) is 0 Å². The molecule has 0 radical (unpaired) electrons. The van der Waals surface area contributed by atoms with E-state index in [9.17, 15) is 9.59 Å². The molecule has 258 valence electrons. The largest absolute Gasteiger partial charge is 0.488 e. The van der Waals surface area contributed by atoms with Crippen LogP contribution in [0.25, 0.3) is 44.4 Å². The number of alkyl carbamates (subject to hydrolysis) is 1. The van der Waals surface area contributed by atoms with Crippen molar-refractivity contribution in [3.8, 4) is 39.4 Å². The topological polar surface area (TPSA) is 128 Å². The van der Waals surface area contributed by atoms with Gasteiger partial charge in [-0.25, -0.2) is 14.8 Å². The third-order valence-corrected chi connectivity index (χ3v) is 10.6. The van der Waals surface area contributed by atoms with Gasteiger partial charge in [0.15, 0.2) is 0 Å². The molecule has 11 nitrogen and oxygen atoms in total. The molecule has 3 aromatic carbocycles. The lowest BCUT2D eigenvalue weighted by atomic mass is 9.92. The summed E-state index contributed by atoms with van der Waals surface area (Å²) in [5.41, 5.74) is 7.37. The zero-order valence-electron chi connectivity index (χ0n) is 29.0. The van der Waals surface area contributed by atoms with Gasteiger partial charge in [0.1, 0.15) is 30.0 Å². The number of ether oxygens (including phenoxy) is 2. The van der Waals surface area contributed by atoms with E-state index in [1.165, 1.54) is 13.5 Å². The van der Waals surface area contributed by atoms with Crippen LogP contribution < -0.4 is 10.1 Å². The summed E-state index contributed by atoms with van der Waals surface area (Å²) >= 11 is 0. The number of aromatic amines is 2. The van der Waals surface area contributed by atoms with E-state index in [4.69, 9.17) is 19.4 Å². The minimum absolute atomic E-state index is 0.0902. The van der Waals surface area contributed by atoms with Gasteiger partial charge < -0.3 is 29.7 Å². The van der Waals surface area contributed by atoms with Gasteiger partial charge in [0.05, 0.1) is 43.0 Å². The van der Waals surface area contributed by atoms with Crippen LogP contribution in [0.2, 0.25) is 0 Å². The smallest absolute Gasteiger partial charge is 0.407 e. The van der Waals surface area contributed by atoms with E-state index in [0.717, 1.165) is 93.2 Å². The third kappa shape index (κ3) is 5.69. The molecule has 2 amide bonds. The van der Waals surface area contributed by atoms with Crippen molar-refractivity contribution in [2.45, 2.75) is 64.3 Å². The first-order valence-corrected chi connectivity index (χ1v) is 17.6. The lowest BCUT2D eigenvalue weighted by molar-refractivity contribution is -0.135. The summed E-state index contributed by atoms with van der Waals surface area (Å²) in [5.74, 6) is 2.48. The van der Waals surface area contributed by atoms with Crippen LogP contribution in [0, 0.1) is 5.92 Å². The lowest BCUT2D eigenvalue weighted by Crippen LogP contribution is -2.51. The molecule has 5 aromatic rings. The van der Waals surface area contributed by atoms with E-state index >= 15 is 0 Å². The number of nitrogens with one attached hydrogen (secondary N) is 3. The summed E-state index contributed by atoms with van der Waals surface area (Å²) in [6.07, 6.45) is 7.17. The first kappa shape index (κ1) is 32.1. The molecule has 3 atom stereocenters. The maximum absolute atomic E-state index is 13.6. The van der Waals surface area contributed by atoms with Crippen LogP contribution in [-0.2, 0) is 16.1 Å². The Hall–Kier alpha value is -5.16. The molecular weight excluding hydrogens is 630 g/mol. The van der Waals surface area contributed by atoms with Crippen molar-refractivity contribution in [3.63, 3.8) is 0 Å². The summed E-state index contributed by atoms with van der Waals surface area (Å²) in [6, 6.07) is 16.8. The molecule has 3 aliphatic heterocycles. The monoisotopic (exact) mass is 673 g/mol. The summed E-state index contributed by atoms with van der Waals surface area (Å²) < 4.78 is 11.2. The molecule has 8 rings (SSSR count). The Labute approximate surface area is 291 Å². The Balaban J connectivity index is 1.02. The van der Waals surface area contributed by atoms with Crippen LogP contribution in [-0.4, -0.2) is 75.0 Å². The molecular formula is C39H43N7O4. The first-order valence-electron chi connectivity index (χ1n) is 17.6. The Morgan fingerprint density at radius 1 is 0.900 bits per heavy atom. The number of benzene rings is 3. The van der Waals surface area contributed by atoms with Crippen LogP contribution >= 0.6 is 0 Å². The second-order valence-electron chi connectivity index (χ2n) is 14.1. The summed E-state index contributed by atoms with van der Waals surface area (Å²) in [7, 11) is 3.47. The minimum atomic E-state index is -0.673. The normalized spacial score (nSPS) is 19.3. The maximum Gasteiger partial charge on any atom is 0.407 e. The number of fused-ring (bicyclic) bond motifs is 5. The molecule has 11 heteroatoms. The molecule has 2 aromatic heterocycles. The van der Waals surface area contributed by atoms with Crippen LogP contribution in [0.15, 0.2) is 60.9 Å². The standard InChI is InChI=1S/C39H43N7O4/c1-22(2)34(44-39(48)49-4)38(47)46-16-6-8-33(46)37-41-20-31(43-37)25-10-12-27-26(18-25)21-50-35-28-13-11-24(17-23(28)9-14-29(27)35)30-19-40-36(42-30)32-7-5-15-45(32)3/h9-14,17-20,22,32-34H,5-8,15-16,21H2,1-4H3,(H,40,42)(H,41,43)(H,44,48)/t32-,33-,34-/m0/s1. The number of H-pyrrole nitrogens is 2. The van der Waals surface area contributed by atoms with Crippen molar-refractivity contribution >= 4 is 22.8 Å². The van der Waals surface area contributed by atoms with Crippen molar-refractivity contribution in [1.29, 1.82) is 0 Å². The van der Waals surface area contributed by atoms with Crippen molar-refractivity contribution in [2.24, 2.45) is 5.92 Å². The van der Waals surface area contributed by atoms with Crippen molar-refractivity contribution in [2.75, 3.05) is 27.2 Å². The zero-order chi connectivity index (χ0) is 34.5. The minimum Gasteiger partial charge on any atom is -0.488 e. The number of carbonyl (C=O) groups excluding carboxylic acids is 2. The Morgan fingerprint density at radius 2 is 1.58 bits per heavy atom. The number of imidazole rings is 2. The molecule has 5 heterocycles. The van der Waals surface area contributed by atoms with Gasteiger partial charge in [-0.1, -0.05) is 44.2 Å². The lowest BCUT2D eigenvalue weighted by Gasteiger charge is -2.30. The van der Waals surface area contributed by atoms with Gasteiger partial charge in [0.25, 0.3) is 0 Å². The number of nitrogens with zero attached hydrogens (tertiary/aromatic N) is 4. The van der Waals surface area contributed by atoms with Gasteiger partial charge in [0, 0.05) is 23.1 Å². The predicted octanol–water partition coefficient (Wildman–Crippen LogP) is 6.99. The molecule has 0 bridgehead atoms. The number of carbonyl (C=O) groups is 2. The maximum atomic E-state index is 13.6. The number of rotatable bonds is 7. The van der Waals surface area contributed by atoms with E-state index in [1.807, 2.05) is 31.1 Å². The molecule has 3 N–H and O–H groups in total. The molecule has 2 saturated heterocycles. The van der Waals surface area contributed by atoms with E-state index < -0.39 is 12.1 Å². The molecule has 0 unspecified atom stereocenters. The molecule has 0 aliphatic carbocycles. The SMILES string of the molecule is COC(=O)N[C@H](C(=O)N1CCC[C@H]1c1ncc(-c2ccc3c(c2)COc2c-3ccc3cc(-c4cnc([C@@H]5CCCN5C)[nH]4)ccc23)[nH]1)C(C)C. The van der Waals surface area contributed by atoms with Crippen LogP contribution in [0.1, 0.15) is 68.8 Å². The molecule has 3 aliphatic rings. The number of hydrogen-bond donors (Lipinski definition) is 3. The van der Waals surface area contributed by atoms with Gasteiger partial charge in [-0.2, -0.15) is 0 Å². The van der Waals surface area contributed by atoms with E-state index in [2.05, 4.69) is 75.8 Å². The average Bonchev–Trinajstić information content (AvgIpc) is 3.96.